The maximum Gasteiger partial charge on any atom is 0.0897 e. The minimum absolute atomic E-state index is 0.331. The fraction of sp³-hybridized carbons (Fsp3) is 0.625. The molecule has 118 valence electrons. The van der Waals surface area contributed by atoms with E-state index in [4.69, 9.17) is 21.1 Å². The summed E-state index contributed by atoms with van der Waals surface area (Å²) >= 11 is 5.82. The van der Waals surface area contributed by atoms with Crippen molar-refractivity contribution in [1.29, 1.82) is 0 Å². The molecule has 0 radical (unpaired) electrons. The summed E-state index contributed by atoms with van der Waals surface area (Å²) in [6.45, 7) is 4.17. The molecule has 0 aromatic heterocycles. The Morgan fingerprint density at radius 2 is 2.05 bits per heavy atom. The number of nitrogens with one attached hydrogen (secondary N) is 1. The van der Waals surface area contributed by atoms with Crippen molar-refractivity contribution in [3.8, 4) is 0 Å². The summed E-state index contributed by atoms with van der Waals surface area (Å²) in [6.07, 6.45) is 1.98. The van der Waals surface area contributed by atoms with Crippen LogP contribution in [0, 0.1) is 0 Å². The monoisotopic (exact) mass is 313 g/mol. The van der Waals surface area contributed by atoms with Gasteiger partial charge in [0, 0.05) is 24.2 Å². The standard InChI is InChI=1S/C16H24ClNO3/c1-2-21-16-7-14(8-16)18-9-15(19)11-20-10-12-3-5-13(17)6-4-12/h3-6,14-16,18-19H,2,7-11H2,1H3. The molecule has 2 rings (SSSR count). The van der Waals surface area contributed by atoms with E-state index in [1.807, 2.05) is 31.2 Å². The molecule has 5 heteroatoms. The molecule has 1 unspecified atom stereocenters. The Labute approximate surface area is 131 Å². The molecule has 1 aliphatic carbocycles. The number of aliphatic hydroxyl groups excluding tert-OH is 1. The van der Waals surface area contributed by atoms with Gasteiger partial charge in [-0.05, 0) is 37.5 Å². The van der Waals surface area contributed by atoms with E-state index in [1.165, 1.54) is 0 Å². The fourth-order valence-electron chi connectivity index (χ4n) is 2.36. The average Bonchev–Trinajstić information content (AvgIpc) is 2.43. The van der Waals surface area contributed by atoms with Crippen molar-refractivity contribution < 1.29 is 14.6 Å². The van der Waals surface area contributed by atoms with Gasteiger partial charge in [0.15, 0.2) is 0 Å². The lowest BCUT2D eigenvalue weighted by Gasteiger charge is -2.36. The first-order chi connectivity index (χ1) is 10.2. The smallest absolute Gasteiger partial charge is 0.0897 e. The number of hydrogen-bond acceptors (Lipinski definition) is 4. The molecule has 1 saturated carbocycles. The Balaban J connectivity index is 1.52. The number of aliphatic hydroxyl groups is 1. The lowest BCUT2D eigenvalue weighted by Crippen LogP contribution is -2.48. The molecular formula is C16H24ClNO3. The lowest BCUT2D eigenvalue weighted by atomic mass is 9.89. The Hall–Kier alpha value is -0.650. The fourth-order valence-corrected chi connectivity index (χ4v) is 2.49. The highest BCUT2D eigenvalue weighted by Crippen LogP contribution is 2.22. The predicted octanol–water partition coefficient (Wildman–Crippen LogP) is 2.37. The molecule has 0 heterocycles. The Kier molecular flexibility index (Phi) is 6.93. The summed E-state index contributed by atoms with van der Waals surface area (Å²) in [5.74, 6) is 0. The molecule has 1 aliphatic rings. The van der Waals surface area contributed by atoms with E-state index in [1.54, 1.807) is 0 Å². The van der Waals surface area contributed by atoms with E-state index in [-0.39, 0.29) is 0 Å². The molecule has 1 atom stereocenters. The third-order valence-electron chi connectivity index (χ3n) is 3.63. The Morgan fingerprint density at radius 1 is 1.33 bits per heavy atom. The molecule has 4 nitrogen and oxygen atoms in total. The van der Waals surface area contributed by atoms with Gasteiger partial charge in [-0.15, -0.1) is 0 Å². The van der Waals surface area contributed by atoms with Gasteiger partial charge in [0.1, 0.15) is 0 Å². The van der Waals surface area contributed by atoms with E-state index in [0.717, 1.165) is 25.0 Å². The molecule has 0 bridgehead atoms. The van der Waals surface area contributed by atoms with Crippen LogP contribution < -0.4 is 5.32 Å². The van der Waals surface area contributed by atoms with Gasteiger partial charge in [-0.3, -0.25) is 0 Å². The second kappa shape index (κ2) is 8.71. The van der Waals surface area contributed by atoms with Crippen LogP contribution in [0.3, 0.4) is 0 Å². The minimum atomic E-state index is -0.483. The number of halogens is 1. The van der Waals surface area contributed by atoms with Crippen LogP contribution in [0.1, 0.15) is 25.3 Å². The molecule has 0 saturated heterocycles. The number of rotatable bonds is 9. The normalized spacial score (nSPS) is 22.8. The van der Waals surface area contributed by atoms with Crippen molar-refractivity contribution in [2.45, 2.75) is 44.6 Å². The molecule has 1 aromatic carbocycles. The van der Waals surface area contributed by atoms with Gasteiger partial charge in [0.2, 0.25) is 0 Å². The third-order valence-corrected chi connectivity index (χ3v) is 3.88. The van der Waals surface area contributed by atoms with Crippen LogP contribution >= 0.6 is 11.6 Å². The van der Waals surface area contributed by atoms with E-state index in [0.29, 0.717) is 36.9 Å². The molecule has 0 spiro atoms. The summed E-state index contributed by atoms with van der Waals surface area (Å²) in [6, 6.07) is 7.99. The molecular weight excluding hydrogens is 290 g/mol. The van der Waals surface area contributed by atoms with Gasteiger partial charge >= 0.3 is 0 Å². The number of ether oxygens (including phenoxy) is 2. The molecule has 2 N–H and O–H groups in total. The predicted molar refractivity (Wildman–Crippen MR) is 83.6 cm³/mol. The van der Waals surface area contributed by atoms with E-state index >= 15 is 0 Å². The highest BCUT2D eigenvalue weighted by atomic mass is 35.5. The van der Waals surface area contributed by atoms with Gasteiger partial charge in [-0.25, -0.2) is 0 Å². The maximum atomic E-state index is 9.87. The van der Waals surface area contributed by atoms with Crippen molar-refractivity contribution in [3.05, 3.63) is 34.9 Å². The molecule has 0 amide bonds. The summed E-state index contributed by atoms with van der Waals surface area (Å²) < 4.78 is 11.0. The zero-order valence-corrected chi connectivity index (χ0v) is 13.2. The van der Waals surface area contributed by atoms with Gasteiger partial charge in [0.25, 0.3) is 0 Å². The van der Waals surface area contributed by atoms with Gasteiger partial charge < -0.3 is 19.9 Å². The van der Waals surface area contributed by atoms with Crippen molar-refractivity contribution in [1.82, 2.24) is 5.32 Å². The van der Waals surface area contributed by atoms with Crippen LogP contribution in [-0.4, -0.2) is 43.1 Å². The lowest BCUT2D eigenvalue weighted by molar-refractivity contribution is -0.0172. The molecule has 1 fully saturated rings. The van der Waals surface area contributed by atoms with Crippen molar-refractivity contribution >= 4 is 11.6 Å². The van der Waals surface area contributed by atoms with E-state index in [9.17, 15) is 5.11 Å². The highest BCUT2D eigenvalue weighted by Gasteiger charge is 2.29. The molecule has 1 aromatic rings. The van der Waals surface area contributed by atoms with Crippen LogP contribution in [0.4, 0.5) is 0 Å². The summed E-state index contributed by atoms with van der Waals surface area (Å²) in [5, 5.41) is 13.9. The number of benzene rings is 1. The summed E-state index contributed by atoms with van der Waals surface area (Å²) in [5.41, 5.74) is 1.05. The zero-order chi connectivity index (χ0) is 15.1. The Bertz CT molecular complexity index is 406. The van der Waals surface area contributed by atoms with E-state index in [2.05, 4.69) is 5.32 Å². The van der Waals surface area contributed by atoms with Crippen LogP contribution in [0.5, 0.6) is 0 Å². The van der Waals surface area contributed by atoms with Gasteiger partial charge in [-0.2, -0.15) is 0 Å². The summed E-state index contributed by atoms with van der Waals surface area (Å²) in [7, 11) is 0. The summed E-state index contributed by atoms with van der Waals surface area (Å²) in [4.78, 5) is 0. The Morgan fingerprint density at radius 3 is 2.71 bits per heavy atom. The largest absolute Gasteiger partial charge is 0.389 e. The van der Waals surface area contributed by atoms with E-state index < -0.39 is 6.10 Å². The first kappa shape index (κ1) is 16.7. The minimum Gasteiger partial charge on any atom is -0.389 e. The quantitative estimate of drug-likeness (QED) is 0.735. The van der Waals surface area contributed by atoms with Gasteiger partial charge in [-0.1, -0.05) is 23.7 Å². The first-order valence-electron chi connectivity index (χ1n) is 7.52. The SMILES string of the molecule is CCOC1CC(NCC(O)COCc2ccc(Cl)cc2)C1. The molecule has 21 heavy (non-hydrogen) atoms. The highest BCUT2D eigenvalue weighted by molar-refractivity contribution is 6.30. The van der Waals surface area contributed by atoms with Crippen molar-refractivity contribution in [2.24, 2.45) is 0 Å². The zero-order valence-electron chi connectivity index (χ0n) is 12.4. The van der Waals surface area contributed by atoms with Crippen LogP contribution in [0.15, 0.2) is 24.3 Å². The van der Waals surface area contributed by atoms with Crippen LogP contribution in [-0.2, 0) is 16.1 Å². The maximum absolute atomic E-state index is 9.87. The molecule has 0 aliphatic heterocycles. The van der Waals surface area contributed by atoms with Gasteiger partial charge in [0.05, 0.1) is 25.4 Å². The van der Waals surface area contributed by atoms with Crippen molar-refractivity contribution in [3.63, 3.8) is 0 Å². The van der Waals surface area contributed by atoms with Crippen molar-refractivity contribution in [2.75, 3.05) is 19.8 Å². The average molecular weight is 314 g/mol. The number of hydrogen-bond donors (Lipinski definition) is 2. The first-order valence-corrected chi connectivity index (χ1v) is 7.90. The van der Waals surface area contributed by atoms with Crippen LogP contribution in [0.25, 0.3) is 0 Å². The third kappa shape index (κ3) is 5.93. The second-order valence-corrected chi connectivity index (χ2v) is 5.89. The topological polar surface area (TPSA) is 50.7 Å². The second-order valence-electron chi connectivity index (χ2n) is 5.45. The van der Waals surface area contributed by atoms with Crippen LogP contribution in [0.2, 0.25) is 5.02 Å².